The van der Waals surface area contributed by atoms with Crippen molar-refractivity contribution in [3.05, 3.63) is 55.1 Å². The van der Waals surface area contributed by atoms with E-state index in [9.17, 15) is 0 Å². The number of nitrogens with two attached hydrogens (primary N) is 1. The Balaban J connectivity index is 2.18. The van der Waals surface area contributed by atoms with E-state index in [2.05, 4.69) is 54.8 Å². The van der Waals surface area contributed by atoms with E-state index >= 15 is 0 Å². The minimum atomic E-state index is 0.135. The maximum Gasteiger partial charge on any atom is 0.0701 e. The molecule has 0 spiro atoms. The molecule has 0 saturated heterocycles. The molecule has 0 radical (unpaired) electrons. The van der Waals surface area contributed by atoms with Gasteiger partial charge in [-0.05, 0) is 51.0 Å². The van der Waals surface area contributed by atoms with Crippen LogP contribution in [0.15, 0.2) is 44.0 Å². The Morgan fingerprint density at radius 3 is 2.65 bits per heavy atom. The molecule has 90 valence electrons. The first-order chi connectivity index (χ1) is 8.20. The van der Waals surface area contributed by atoms with Gasteiger partial charge in [-0.1, -0.05) is 34.1 Å². The molecule has 0 bridgehead atoms. The number of halogens is 2. The van der Waals surface area contributed by atoms with Crippen molar-refractivity contribution in [3.8, 4) is 0 Å². The lowest BCUT2D eigenvalue weighted by atomic mass is 10.0. The van der Waals surface area contributed by atoms with Gasteiger partial charge in [-0.15, -0.1) is 11.3 Å². The van der Waals surface area contributed by atoms with Gasteiger partial charge in [0.05, 0.1) is 9.83 Å². The number of hydrazine groups is 1. The number of thiophene rings is 1. The van der Waals surface area contributed by atoms with Crippen molar-refractivity contribution < 1.29 is 0 Å². The Hall–Kier alpha value is -0.200. The molecule has 1 aromatic carbocycles. The summed E-state index contributed by atoms with van der Waals surface area (Å²) < 4.78 is 2.24. The van der Waals surface area contributed by atoms with Gasteiger partial charge in [0.2, 0.25) is 0 Å². The Morgan fingerprint density at radius 1 is 1.29 bits per heavy atom. The fourth-order valence-electron chi connectivity index (χ4n) is 1.66. The van der Waals surface area contributed by atoms with Crippen LogP contribution >= 0.6 is 43.2 Å². The summed E-state index contributed by atoms with van der Waals surface area (Å²) in [5, 5.41) is 2.12. The highest BCUT2D eigenvalue weighted by atomic mass is 79.9. The van der Waals surface area contributed by atoms with Crippen molar-refractivity contribution in [3.63, 3.8) is 0 Å². The zero-order chi connectivity index (χ0) is 12.3. The predicted octanol–water partition coefficient (Wildman–Crippen LogP) is 4.02. The summed E-state index contributed by atoms with van der Waals surface area (Å²) in [6.07, 6.45) is 0.862. The van der Waals surface area contributed by atoms with Crippen LogP contribution in [0.4, 0.5) is 0 Å². The quantitative estimate of drug-likeness (QED) is 0.625. The van der Waals surface area contributed by atoms with Gasteiger partial charge in [-0.2, -0.15) is 0 Å². The van der Waals surface area contributed by atoms with E-state index in [1.807, 2.05) is 18.2 Å². The van der Waals surface area contributed by atoms with Gasteiger partial charge in [-0.25, -0.2) is 0 Å². The summed E-state index contributed by atoms with van der Waals surface area (Å²) in [5.41, 5.74) is 5.33. The molecular formula is C12H12Br2N2S. The molecule has 0 saturated carbocycles. The number of benzene rings is 1. The van der Waals surface area contributed by atoms with Crippen LogP contribution in [-0.2, 0) is 6.42 Å². The van der Waals surface area contributed by atoms with E-state index in [0.29, 0.717) is 0 Å². The Bertz CT molecular complexity index is 499. The Labute approximate surface area is 121 Å². The average Bonchev–Trinajstić information content (AvgIpc) is 2.75. The smallest absolute Gasteiger partial charge is 0.0701 e. The summed E-state index contributed by atoms with van der Waals surface area (Å²) in [4.78, 5) is 0. The molecular weight excluding hydrogens is 364 g/mol. The second-order valence-corrected chi connectivity index (χ2v) is 6.84. The lowest BCUT2D eigenvalue weighted by Crippen LogP contribution is -2.29. The molecule has 2 rings (SSSR count). The van der Waals surface area contributed by atoms with Crippen LogP contribution in [0.5, 0.6) is 0 Å². The first-order valence-corrected chi connectivity index (χ1v) is 7.60. The van der Waals surface area contributed by atoms with Crippen LogP contribution in [0.2, 0.25) is 0 Å². The molecule has 0 aliphatic rings. The van der Waals surface area contributed by atoms with Crippen LogP contribution in [-0.4, -0.2) is 0 Å². The number of hydrogen-bond donors (Lipinski definition) is 2. The molecule has 0 fully saturated rings. The molecule has 5 heteroatoms. The monoisotopic (exact) mass is 374 g/mol. The Kier molecular flexibility index (Phi) is 4.76. The Morgan fingerprint density at radius 2 is 2.06 bits per heavy atom. The second-order valence-electron chi connectivity index (χ2n) is 3.70. The van der Waals surface area contributed by atoms with Crippen molar-refractivity contribution in [1.82, 2.24) is 5.43 Å². The third kappa shape index (κ3) is 3.39. The molecule has 1 heterocycles. The van der Waals surface area contributed by atoms with Gasteiger partial charge in [0, 0.05) is 4.47 Å². The fourth-order valence-corrected chi connectivity index (χ4v) is 3.34. The van der Waals surface area contributed by atoms with Crippen molar-refractivity contribution in [2.45, 2.75) is 12.5 Å². The SMILES string of the molecule is NNC(Cc1ccccc1Br)c1csc(Br)c1. The summed E-state index contributed by atoms with van der Waals surface area (Å²) in [6.45, 7) is 0. The first-order valence-electron chi connectivity index (χ1n) is 5.14. The summed E-state index contributed by atoms with van der Waals surface area (Å²) in [5.74, 6) is 5.64. The molecule has 0 aliphatic carbocycles. The van der Waals surface area contributed by atoms with Crippen molar-refractivity contribution in [1.29, 1.82) is 0 Å². The van der Waals surface area contributed by atoms with E-state index in [0.717, 1.165) is 14.7 Å². The highest BCUT2D eigenvalue weighted by Crippen LogP contribution is 2.28. The third-order valence-electron chi connectivity index (χ3n) is 2.57. The highest BCUT2D eigenvalue weighted by molar-refractivity contribution is 9.11. The average molecular weight is 376 g/mol. The molecule has 1 atom stereocenters. The van der Waals surface area contributed by atoms with E-state index in [1.165, 1.54) is 11.1 Å². The predicted molar refractivity (Wildman–Crippen MR) is 79.9 cm³/mol. The van der Waals surface area contributed by atoms with E-state index in [4.69, 9.17) is 5.84 Å². The molecule has 17 heavy (non-hydrogen) atoms. The van der Waals surface area contributed by atoms with E-state index in [-0.39, 0.29) is 6.04 Å². The third-order valence-corrected chi connectivity index (χ3v) is 4.87. The van der Waals surface area contributed by atoms with Crippen LogP contribution in [0, 0.1) is 0 Å². The van der Waals surface area contributed by atoms with Gasteiger partial charge < -0.3 is 0 Å². The molecule has 1 unspecified atom stereocenters. The molecule has 1 aromatic heterocycles. The minimum Gasteiger partial charge on any atom is -0.271 e. The van der Waals surface area contributed by atoms with Gasteiger partial charge in [0.1, 0.15) is 0 Å². The summed E-state index contributed by atoms with van der Waals surface area (Å²) in [7, 11) is 0. The second kappa shape index (κ2) is 6.11. The molecule has 0 aliphatic heterocycles. The lowest BCUT2D eigenvalue weighted by Gasteiger charge is -2.15. The van der Waals surface area contributed by atoms with Crippen LogP contribution in [0.1, 0.15) is 17.2 Å². The lowest BCUT2D eigenvalue weighted by molar-refractivity contribution is 0.552. The van der Waals surface area contributed by atoms with Crippen LogP contribution in [0.25, 0.3) is 0 Å². The van der Waals surface area contributed by atoms with Gasteiger partial charge in [-0.3, -0.25) is 11.3 Å². The van der Waals surface area contributed by atoms with Crippen LogP contribution < -0.4 is 11.3 Å². The van der Waals surface area contributed by atoms with E-state index < -0.39 is 0 Å². The van der Waals surface area contributed by atoms with Gasteiger partial charge in [0.25, 0.3) is 0 Å². The van der Waals surface area contributed by atoms with Crippen LogP contribution in [0.3, 0.4) is 0 Å². The normalized spacial score (nSPS) is 12.6. The summed E-state index contributed by atoms with van der Waals surface area (Å²) in [6, 6.07) is 10.4. The maximum absolute atomic E-state index is 5.64. The van der Waals surface area contributed by atoms with Crippen molar-refractivity contribution in [2.24, 2.45) is 5.84 Å². The zero-order valence-electron chi connectivity index (χ0n) is 8.99. The maximum atomic E-state index is 5.64. The fraction of sp³-hybridized carbons (Fsp3) is 0.167. The minimum absolute atomic E-state index is 0.135. The van der Waals surface area contributed by atoms with Gasteiger partial charge in [0.15, 0.2) is 0 Å². The summed E-state index contributed by atoms with van der Waals surface area (Å²) >= 11 is 8.70. The molecule has 2 aromatic rings. The number of rotatable bonds is 4. The number of hydrogen-bond acceptors (Lipinski definition) is 3. The highest BCUT2D eigenvalue weighted by Gasteiger charge is 2.13. The van der Waals surface area contributed by atoms with E-state index in [1.54, 1.807) is 11.3 Å². The zero-order valence-corrected chi connectivity index (χ0v) is 13.0. The number of nitrogens with one attached hydrogen (secondary N) is 1. The molecule has 0 amide bonds. The van der Waals surface area contributed by atoms with Crippen molar-refractivity contribution in [2.75, 3.05) is 0 Å². The largest absolute Gasteiger partial charge is 0.271 e. The molecule has 2 nitrogen and oxygen atoms in total. The van der Waals surface area contributed by atoms with Crippen molar-refractivity contribution >= 4 is 43.2 Å². The standard InChI is InChI=1S/C12H12Br2N2S/c13-10-4-2-1-3-8(10)5-11(16-15)9-6-12(14)17-7-9/h1-4,6-7,11,16H,5,15H2. The van der Waals surface area contributed by atoms with Gasteiger partial charge >= 0.3 is 0 Å². The topological polar surface area (TPSA) is 38.0 Å². The first kappa shape index (κ1) is 13.2. The molecule has 3 N–H and O–H groups in total.